The van der Waals surface area contributed by atoms with E-state index in [1.807, 2.05) is 36.4 Å². The lowest BCUT2D eigenvalue weighted by Crippen LogP contribution is -2.33. The highest BCUT2D eigenvalue weighted by atomic mass is 32.1. The van der Waals surface area contributed by atoms with E-state index in [2.05, 4.69) is 23.9 Å². The van der Waals surface area contributed by atoms with E-state index < -0.39 is 0 Å². The van der Waals surface area contributed by atoms with E-state index in [0.717, 1.165) is 22.7 Å². The Morgan fingerprint density at radius 2 is 2.33 bits per heavy atom. The first-order chi connectivity index (χ1) is 11.5. The number of ether oxygens (including phenoxy) is 1. The van der Waals surface area contributed by atoms with Gasteiger partial charge >= 0.3 is 0 Å². The quantitative estimate of drug-likeness (QED) is 0.833. The normalized spacial score (nSPS) is 20.7. The fraction of sp³-hybridized carbons (Fsp3) is 0.588. The number of carbonyl (C=O) groups excluding carboxylic acids is 1. The van der Waals surface area contributed by atoms with Crippen LogP contribution >= 0.6 is 11.3 Å². The summed E-state index contributed by atoms with van der Waals surface area (Å²) in [6.45, 7) is 7.29. The lowest BCUT2D eigenvalue weighted by atomic mass is 9.96. The van der Waals surface area contributed by atoms with Crippen LogP contribution in [0.3, 0.4) is 0 Å². The number of rotatable bonds is 5. The molecular weight excluding hydrogens is 324 g/mol. The molecule has 0 unspecified atom stereocenters. The smallest absolute Gasteiger partial charge is 0.228 e. The van der Waals surface area contributed by atoms with Crippen LogP contribution in [0.5, 0.6) is 0 Å². The van der Waals surface area contributed by atoms with Gasteiger partial charge in [-0.25, -0.2) is 4.98 Å². The summed E-state index contributed by atoms with van der Waals surface area (Å²) < 4.78 is 7.76. The Bertz CT molecular complexity index is 709. The standard InChI is InChI=1S/C17H24N4O2S/c1-11(2)21-8-13(7-18-21)16-14(5-6-23-16)17(22)20(4)9-15-19-12(3)10-24-15/h7-8,10-11,14,16H,5-6,9H2,1-4H3/t14-,16+/m1/s1. The van der Waals surface area contributed by atoms with Crippen molar-refractivity contribution in [3.05, 3.63) is 34.0 Å². The largest absolute Gasteiger partial charge is 0.373 e. The van der Waals surface area contributed by atoms with E-state index in [-0.39, 0.29) is 17.9 Å². The Morgan fingerprint density at radius 1 is 1.54 bits per heavy atom. The van der Waals surface area contributed by atoms with Gasteiger partial charge in [-0.1, -0.05) is 0 Å². The maximum atomic E-state index is 12.9. The van der Waals surface area contributed by atoms with Crippen molar-refractivity contribution in [3.63, 3.8) is 0 Å². The molecule has 0 N–H and O–H groups in total. The fourth-order valence-electron chi connectivity index (χ4n) is 2.99. The summed E-state index contributed by atoms with van der Waals surface area (Å²) >= 11 is 1.59. The molecule has 1 amide bonds. The number of hydrogen-bond donors (Lipinski definition) is 0. The molecule has 7 heteroatoms. The second kappa shape index (κ2) is 7.03. The third-order valence-corrected chi connectivity index (χ3v) is 5.25. The van der Waals surface area contributed by atoms with Crippen LogP contribution in [-0.4, -0.2) is 39.2 Å². The van der Waals surface area contributed by atoms with Crippen molar-refractivity contribution in [2.24, 2.45) is 5.92 Å². The lowest BCUT2D eigenvalue weighted by molar-refractivity contribution is -0.136. The van der Waals surface area contributed by atoms with Crippen LogP contribution in [0.25, 0.3) is 0 Å². The van der Waals surface area contributed by atoms with Gasteiger partial charge in [0.1, 0.15) is 5.01 Å². The number of aryl methyl sites for hydroxylation is 1. The topological polar surface area (TPSA) is 60.3 Å². The SMILES string of the molecule is Cc1csc(CN(C)C(=O)[C@@H]2CCO[C@H]2c2cnn(C(C)C)c2)n1. The number of aromatic nitrogens is 3. The van der Waals surface area contributed by atoms with Crippen LogP contribution in [0, 0.1) is 12.8 Å². The third kappa shape index (κ3) is 3.52. The zero-order valence-electron chi connectivity index (χ0n) is 14.6. The van der Waals surface area contributed by atoms with Crippen molar-refractivity contribution in [3.8, 4) is 0 Å². The second-order valence-corrected chi connectivity index (χ2v) is 7.55. The maximum Gasteiger partial charge on any atom is 0.228 e. The zero-order valence-corrected chi connectivity index (χ0v) is 15.4. The minimum atomic E-state index is -0.203. The van der Waals surface area contributed by atoms with Gasteiger partial charge in [-0.2, -0.15) is 5.10 Å². The lowest BCUT2D eigenvalue weighted by Gasteiger charge is -2.23. The molecule has 0 saturated carbocycles. The number of carbonyl (C=O) groups is 1. The van der Waals surface area contributed by atoms with Crippen molar-refractivity contribution in [1.29, 1.82) is 0 Å². The summed E-state index contributed by atoms with van der Waals surface area (Å²) in [5.74, 6) is -0.0384. The van der Waals surface area contributed by atoms with E-state index in [0.29, 0.717) is 19.2 Å². The molecule has 24 heavy (non-hydrogen) atoms. The first-order valence-corrected chi connectivity index (χ1v) is 9.15. The average Bonchev–Trinajstić information content (AvgIpc) is 3.25. The van der Waals surface area contributed by atoms with Gasteiger partial charge in [0.25, 0.3) is 0 Å². The molecule has 3 rings (SSSR count). The zero-order chi connectivity index (χ0) is 17.3. The van der Waals surface area contributed by atoms with E-state index in [9.17, 15) is 4.79 Å². The highest BCUT2D eigenvalue weighted by Crippen LogP contribution is 2.36. The van der Waals surface area contributed by atoms with Crippen molar-refractivity contribution in [1.82, 2.24) is 19.7 Å². The summed E-state index contributed by atoms with van der Waals surface area (Å²) in [5, 5.41) is 7.35. The van der Waals surface area contributed by atoms with E-state index in [4.69, 9.17) is 4.74 Å². The molecule has 0 aromatic carbocycles. The number of thiazole rings is 1. The molecule has 1 saturated heterocycles. The fourth-order valence-corrected chi connectivity index (χ4v) is 3.82. The van der Waals surface area contributed by atoms with Crippen molar-refractivity contribution < 1.29 is 9.53 Å². The van der Waals surface area contributed by atoms with Gasteiger partial charge in [-0.15, -0.1) is 11.3 Å². The highest BCUT2D eigenvalue weighted by Gasteiger charge is 2.37. The van der Waals surface area contributed by atoms with Gasteiger partial charge in [-0.3, -0.25) is 9.48 Å². The highest BCUT2D eigenvalue weighted by molar-refractivity contribution is 7.09. The Balaban J connectivity index is 1.70. The van der Waals surface area contributed by atoms with Gasteiger partial charge in [0, 0.05) is 42.5 Å². The van der Waals surface area contributed by atoms with Crippen LogP contribution in [0.15, 0.2) is 17.8 Å². The molecule has 2 aromatic heterocycles. The molecule has 2 atom stereocenters. The van der Waals surface area contributed by atoms with E-state index >= 15 is 0 Å². The third-order valence-electron chi connectivity index (χ3n) is 4.30. The van der Waals surface area contributed by atoms with Crippen LogP contribution in [0.1, 0.15) is 48.7 Å². The van der Waals surface area contributed by atoms with Crippen molar-refractivity contribution in [2.75, 3.05) is 13.7 Å². The van der Waals surface area contributed by atoms with Crippen LogP contribution < -0.4 is 0 Å². The minimum Gasteiger partial charge on any atom is -0.373 e. The number of hydrogen-bond acceptors (Lipinski definition) is 5. The second-order valence-electron chi connectivity index (χ2n) is 6.61. The van der Waals surface area contributed by atoms with Crippen LogP contribution in [0.4, 0.5) is 0 Å². The molecule has 1 aliphatic heterocycles. The summed E-state index contributed by atoms with van der Waals surface area (Å²) in [4.78, 5) is 19.1. The summed E-state index contributed by atoms with van der Waals surface area (Å²) in [7, 11) is 1.84. The first-order valence-electron chi connectivity index (χ1n) is 8.27. The molecule has 6 nitrogen and oxygen atoms in total. The van der Waals surface area contributed by atoms with Gasteiger partial charge < -0.3 is 9.64 Å². The van der Waals surface area contributed by atoms with Gasteiger partial charge in [-0.05, 0) is 27.2 Å². The predicted octanol–water partition coefficient (Wildman–Crippen LogP) is 2.97. The number of amides is 1. The average molecular weight is 348 g/mol. The van der Waals surface area contributed by atoms with Crippen molar-refractivity contribution >= 4 is 17.2 Å². The Hall–Kier alpha value is -1.73. The summed E-state index contributed by atoms with van der Waals surface area (Å²) in [6.07, 6.45) is 4.36. The Labute approximate surface area is 146 Å². The molecule has 0 bridgehead atoms. The molecular formula is C17H24N4O2S. The summed E-state index contributed by atoms with van der Waals surface area (Å²) in [5.41, 5.74) is 1.98. The van der Waals surface area contributed by atoms with Crippen molar-refractivity contribution in [2.45, 2.75) is 45.9 Å². The molecule has 130 valence electrons. The molecule has 3 heterocycles. The molecule has 0 aliphatic carbocycles. The van der Waals surface area contributed by atoms with Crippen LogP contribution in [-0.2, 0) is 16.1 Å². The Kier molecular flexibility index (Phi) is 5.01. The predicted molar refractivity (Wildman–Crippen MR) is 92.7 cm³/mol. The Morgan fingerprint density at radius 3 is 2.96 bits per heavy atom. The number of nitrogens with zero attached hydrogens (tertiary/aromatic N) is 4. The summed E-state index contributed by atoms with van der Waals surface area (Å²) in [6, 6.07) is 0.296. The molecule has 0 spiro atoms. The van der Waals surface area contributed by atoms with E-state index in [1.165, 1.54) is 0 Å². The molecule has 2 aromatic rings. The first kappa shape index (κ1) is 17.1. The van der Waals surface area contributed by atoms with Gasteiger partial charge in [0.05, 0.1) is 24.8 Å². The van der Waals surface area contributed by atoms with E-state index in [1.54, 1.807) is 16.2 Å². The molecule has 0 radical (unpaired) electrons. The monoisotopic (exact) mass is 348 g/mol. The van der Waals surface area contributed by atoms with Gasteiger partial charge in [0.2, 0.25) is 5.91 Å². The maximum absolute atomic E-state index is 12.9. The van der Waals surface area contributed by atoms with Crippen LogP contribution in [0.2, 0.25) is 0 Å². The molecule has 1 fully saturated rings. The molecule has 1 aliphatic rings. The minimum absolute atomic E-state index is 0.114. The van der Waals surface area contributed by atoms with Gasteiger partial charge in [0.15, 0.2) is 0 Å².